The van der Waals surface area contributed by atoms with E-state index in [0.717, 1.165) is 12.1 Å². The summed E-state index contributed by atoms with van der Waals surface area (Å²) in [5, 5.41) is 6.46. The van der Waals surface area contributed by atoms with Crippen LogP contribution in [-0.2, 0) is 13.2 Å². The van der Waals surface area contributed by atoms with Crippen LogP contribution in [0, 0.1) is 12.7 Å². The molecule has 0 saturated heterocycles. The molecule has 0 bridgehead atoms. The molecule has 2 heterocycles. The number of benzene rings is 1. The van der Waals surface area contributed by atoms with E-state index in [-0.39, 0.29) is 11.5 Å². The lowest BCUT2D eigenvalue weighted by Gasteiger charge is -2.08. The molecule has 9 heteroatoms. The lowest BCUT2D eigenvalue weighted by molar-refractivity contribution is -0.141. The summed E-state index contributed by atoms with van der Waals surface area (Å²) in [4.78, 5) is 15.9. The van der Waals surface area contributed by atoms with Crippen LogP contribution in [0.5, 0.6) is 0 Å². The molecule has 3 aromatic rings. The average Bonchev–Trinajstić information content (AvgIpc) is 2.90. The summed E-state index contributed by atoms with van der Waals surface area (Å²) in [5.74, 6) is -1.32. The predicted molar refractivity (Wildman–Crippen MR) is 90.5 cm³/mol. The second kappa shape index (κ2) is 6.82. The highest BCUT2D eigenvalue weighted by molar-refractivity contribution is 6.04. The van der Waals surface area contributed by atoms with Crippen LogP contribution < -0.4 is 5.32 Å². The minimum Gasteiger partial charge on any atom is -0.305 e. The fourth-order valence-corrected chi connectivity index (χ4v) is 2.69. The van der Waals surface area contributed by atoms with Gasteiger partial charge in [0, 0.05) is 18.2 Å². The van der Waals surface area contributed by atoms with E-state index in [0.29, 0.717) is 16.8 Å². The average molecular weight is 378 g/mol. The predicted octanol–water partition coefficient (Wildman–Crippen LogP) is 4.20. The van der Waals surface area contributed by atoms with Gasteiger partial charge in [0.15, 0.2) is 5.69 Å². The molecule has 27 heavy (non-hydrogen) atoms. The fourth-order valence-electron chi connectivity index (χ4n) is 2.69. The van der Waals surface area contributed by atoms with Gasteiger partial charge in [-0.1, -0.05) is 6.07 Å². The number of carbonyl (C=O) groups is 1. The zero-order valence-electron chi connectivity index (χ0n) is 14.3. The van der Waals surface area contributed by atoms with Crippen LogP contribution in [0.1, 0.15) is 21.7 Å². The number of pyridine rings is 1. The molecular weight excluding hydrogens is 364 g/mol. The van der Waals surface area contributed by atoms with Gasteiger partial charge in [0.25, 0.3) is 5.91 Å². The first-order chi connectivity index (χ1) is 12.7. The van der Waals surface area contributed by atoms with E-state index in [1.54, 1.807) is 26.1 Å². The van der Waals surface area contributed by atoms with E-state index in [2.05, 4.69) is 15.4 Å². The number of anilines is 1. The number of alkyl halides is 3. The fraction of sp³-hybridized carbons (Fsp3) is 0.167. The van der Waals surface area contributed by atoms with E-state index in [1.165, 1.54) is 22.9 Å². The summed E-state index contributed by atoms with van der Waals surface area (Å²) in [6, 6.07) is 8.90. The Balaban J connectivity index is 1.90. The first-order valence-corrected chi connectivity index (χ1v) is 7.82. The Morgan fingerprint density at radius 3 is 2.41 bits per heavy atom. The number of aryl methyl sites for hydroxylation is 1. The summed E-state index contributed by atoms with van der Waals surface area (Å²) in [7, 11) is 1.62. The molecule has 1 aromatic carbocycles. The van der Waals surface area contributed by atoms with Crippen molar-refractivity contribution in [2.45, 2.75) is 13.1 Å². The van der Waals surface area contributed by atoms with E-state index in [9.17, 15) is 22.4 Å². The Bertz CT molecular complexity index is 994. The van der Waals surface area contributed by atoms with Gasteiger partial charge >= 0.3 is 6.18 Å². The SMILES string of the molecule is Cc1c(C(=O)Nc2cccc(C(F)(F)F)n2)nn(C)c1-c1ccc(F)cc1. The Hall–Kier alpha value is -3.23. The van der Waals surface area contributed by atoms with Gasteiger partial charge in [-0.3, -0.25) is 9.48 Å². The van der Waals surface area contributed by atoms with Crippen molar-refractivity contribution in [1.82, 2.24) is 14.8 Å². The lowest BCUT2D eigenvalue weighted by atomic mass is 10.1. The maximum atomic E-state index is 13.1. The summed E-state index contributed by atoms with van der Waals surface area (Å²) in [6.45, 7) is 1.65. The number of aromatic nitrogens is 3. The van der Waals surface area contributed by atoms with Gasteiger partial charge < -0.3 is 5.32 Å². The van der Waals surface area contributed by atoms with Crippen molar-refractivity contribution in [3.05, 3.63) is 65.2 Å². The monoisotopic (exact) mass is 378 g/mol. The maximum Gasteiger partial charge on any atom is 0.433 e. The van der Waals surface area contributed by atoms with Crippen LogP contribution in [0.4, 0.5) is 23.4 Å². The molecule has 0 spiro atoms. The van der Waals surface area contributed by atoms with Gasteiger partial charge in [-0.2, -0.15) is 18.3 Å². The maximum absolute atomic E-state index is 13.1. The molecule has 0 aliphatic carbocycles. The Morgan fingerprint density at radius 2 is 1.78 bits per heavy atom. The van der Waals surface area contributed by atoms with Crippen LogP contribution in [0.2, 0.25) is 0 Å². The van der Waals surface area contributed by atoms with Crippen molar-refractivity contribution in [3.8, 4) is 11.3 Å². The highest BCUT2D eigenvalue weighted by atomic mass is 19.4. The highest BCUT2D eigenvalue weighted by Gasteiger charge is 2.32. The molecule has 140 valence electrons. The first kappa shape index (κ1) is 18.6. The van der Waals surface area contributed by atoms with Crippen molar-refractivity contribution in [2.24, 2.45) is 7.05 Å². The van der Waals surface area contributed by atoms with E-state index in [1.807, 2.05) is 0 Å². The second-order valence-corrected chi connectivity index (χ2v) is 5.81. The van der Waals surface area contributed by atoms with Gasteiger partial charge in [0.1, 0.15) is 17.3 Å². The Labute approximate surface area is 151 Å². The molecule has 0 fully saturated rings. The second-order valence-electron chi connectivity index (χ2n) is 5.81. The topological polar surface area (TPSA) is 59.8 Å². The number of halogens is 4. The van der Waals surface area contributed by atoms with Crippen molar-refractivity contribution >= 4 is 11.7 Å². The zero-order valence-corrected chi connectivity index (χ0v) is 14.3. The molecule has 3 rings (SSSR count). The van der Waals surface area contributed by atoms with Crippen LogP contribution in [0.25, 0.3) is 11.3 Å². The molecule has 0 saturated carbocycles. The van der Waals surface area contributed by atoms with Gasteiger partial charge in [-0.05, 0) is 43.3 Å². The Kier molecular flexibility index (Phi) is 4.69. The number of rotatable bonds is 3. The quantitative estimate of drug-likeness (QED) is 0.695. The van der Waals surface area contributed by atoms with Crippen molar-refractivity contribution in [3.63, 3.8) is 0 Å². The molecule has 1 amide bonds. The Morgan fingerprint density at radius 1 is 1.11 bits per heavy atom. The van der Waals surface area contributed by atoms with E-state index in [4.69, 9.17) is 0 Å². The summed E-state index contributed by atoms with van der Waals surface area (Å²) < 4.78 is 52.8. The van der Waals surface area contributed by atoms with Crippen molar-refractivity contribution in [2.75, 3.05) is 5.32 Å². The third-order valence-corrected chi connectivity index (χ3v) is 3.90. The molecular formula is C18H14F4N4O. The smallest absolute Gasteiger partial charge is 0.305 e. The summed E-state index contributed by atoms with van der Waals surface area (Å²) in [6.07, 6.45) is -4.61. The van der Waals surface area contributed by atoms with Crippen molar-refractivity contribution < 1.29 is 22.4 Å². The number of hydrogen-bond acceptors (Lipinski definition) is 3. The van der Waals surface area contributed by atoms with Crippen LogP contribution >= 0.6 is 0 Å². The number of hydrogen-bond donors (Lipinski definition) is 1. The number of carbonyl (C=O) groups excluding carboxylic acids is 1. The minimum absolute atomic E-state index is 0.0380. The van der Waals surface area contributed by atoms with Gasteiger partial charge in [-0.15, -0.1) is 0 Å². The molecule has 0 aliphatic heterocycles. The van der Waals surface area contributed by atoms with Crippen LogP contribution in [0.15, 0.2) is 42.5 Å². The van der Waals surface area contributed by atoms with Crippen molar-refractivity contribution in [1.29, 1.82) is 0 Å². The van der Waals surface area contributed by atoms with Gasteiger partial charge in [-0.25, -0.2) is 9.37 Å². The van der Waals surface area contributed by atoms with Gasteiger partial charge in [0.2, 0.25) is 0 Å². The first-order valence-electron chi connectivity index (χ1n) is 7.82. The molecule has 0 atom stereocenters. The molecule has 0 aliphatic rings. The molecule has 2 aromatic heterocycles. The molecule has 0 radical (unpaired) electrons. The molecule has 0 unspecified atom stereocenters. The number of nitrogens with zero attached hydrogens (tertiary/aromatic N) is 3. The van der Waals surface area contributed by atoms with E-state index < -0.39 is 23.6 Å². The zero-order chi connectivity index (χ0) is 19.8. The molecule has 1 N–H and O–H groups in total. The van der Waals surface area contributed by atoms with Crippen LogP contribution in [0.3, 0.4) is 0 Å². The minimum atomic E-state index is -4.61. The third kappa shape index (κ3) is 3.81. The third-order valence-electron chi connectivity index (χ3n) is 3.90. The standard InChI is InChI=1S/C18H14F4N4O/c1-10-15(25-26(2)16(10)11-6-8-12(19)9-7-11)17(27)24-14-5-3-4-13(23-14)18(20,21)22/h3-9H,1-2H3,(H,23,24,27). The summed E-state index contributed by atoms with van der Waals surface area (Å²) in [5.41, 5.74) is 0.687. The largest absolute Gasteiger partial charge is 0.433 e. The normalized spacial score (nSPS) is 11.5. The molecule has 5 nitrogen and oxygen atoms in total. The van der Waals surface area contributed by atoms with Gasteiger partial charge in [0.05, 0.1) is 5.69 Å². The number of nitrogens with one attached hydrogen (secondary N) is 1. The summed E-state index contributed by atoms with van der Waals surface area (Å²) >= 11 is 0. The lowest BCUT2D eigenvalue weighted by Crippen LogP contribution is -2.17. The highest BCUT2D eigenvalue weighted by Crippen LogP contribution is 2.29. The van der Waals surface area contributed by atoms with Crippen LogP contribution in [-0.4, -0.2) is 20.7 Å². The number of amides is 1. The van der Waals surface area contributed by atoms with E-state index >= 15 is 0 Å².